The Kier molecular flexibility index (Phi) is 9.16. The van der Waals surface area contributed by atoms with Gasteiger partial charge in [-0.1, -0.05) is 19.9 Å². The van der Waals surface area contributed by atoms with Crippen molar-refractivity contribution in [1.29, 1.82) is 0 Å². The van der Waals surface area contributed by atoms with Crippen LogP contribution in [0.15, 0.2) is 42.5 Å². The molecule has 0 aliphatic carbocycles. The van der Waals surface area contributed by atoms with Gasteiger partial charge in [0, 0.05) is 16.7 Å². The van der Waals surface area contributed by atoms with E-state index in [-0.39, 0.29) is 29.6 Å². The highest BCUT2D eigenvalue weighted by Gasteiger charge is 2.35. The first-order chi connectivity index (χ1) is 15.6. The summed E-state index contributed by atoms with van der Waals surface area (Å²) in [5.41, 5.74) is 0.855. The summed E-state index contributed by atoms with van der Waals surface area (Å²) in [5.74, 6) is -0.365. The van der Waals surface area contributed by atoms with Crippen LogP contribution >= 0.6 is 12.6 Å². The number of carbonyl (C=O) groups is 3. The summed E-state index contributed by atoms with van der Waals surface area (Å²) < 4.78 is 16.0. The summed E-state index contributed by atoms with van der Waals surface area (Å²) in [6.07, 6.45) is -1.13. The van der Waals surface area contributed by atoms with Crippen molar-refractivity contribution >= 4 is 36.2 Å². The van der Waals surface area contributed by atoms with Gasteiger partial charge in [0.2, 0.25) is 0 Å². The first kappa shape index (κ1) is 26.1. The molecule has 0 fully saturated rings. The number of thiol groups is 1. The molecule has 1 amide bonds. The Hall–Kier alpha value is -3.20. The van der Waals surface area contributed by atoms with E-state index in [0.29, 0.717) is 23.2 Å². The van der Waals surface area contributed by atoms with Gasteiger partial charge < -0.3 is 19.3 Å². The summed E-state index contributed by atoms with van der Waals surface area (Å²) in [7, 11) is 1.44. The molecule has 1 atom stereocenters. The van der Waals surface area contributed by atoms with Crippen molar-refractivity contribution in [3.63, 3.8) is 0 Å². The van der Waals surface area contributed by atoms with Gasteiger partial charge in [-0.15, -0.1) is 0 Å². The summed E-state index contributed by atoms with van der Waals surface area (Å²) in [5, 5.41) is 12.9. The smallest absolute Gasteiger partial charge is 0.412 e. The SMILES string of the molecule is COc1ccc([C@@H](OC(=O)Nc2ccc(C(C)=O)cc2)C(C)(C)CCOC(=O)CS)cc1O. The number of hydrogen-bond donors (Lipinski definition) is 3. The van der Waals surface area contributed by atoms with Crippen LogP contribution in [0.1, 0.15) is 49.2 Å². The summed E-state index contributed by atoms with van der Waals surface area (Å²) >= 11 is 3.89. The number of amides is 1. The van der Waals surface area contributed by atoms with Gasteiger partial charge in [0.25, 0.3) is 0 Å². The predicted molar refractivity (Wildman–Crippen MR) is 127 cm³/mol. The van der Waals surface area contributed by atoms with Gasteiger partial charge in [-0.2, -0.15) is 12.6 Å². The normalized spacial score (nSPS) is 11.9. The van der Waals surface area contributed by atoms with Gasteiger partial charge in [-0.05, 0) is 55.3 Å². The number of benzene rings is 2. The molecule has 0 spiro atoms. The standard InChI is InChI=1S/C24H29NO7S/c1-15(26)16-5-8-18(9-6-16)25-23(29)32-22(17-7-10-20(30-4)19(27)13-17)24(2,3)11-12-31-21(28)14-33/h5-10,13,22,27,33H,11-12,14H2,1-4H3,(H,25,29)/t22-/m1/s1. The molecule has 33 heavy (non-hydrogen) atoms. The third-order valence-corrected chi connectivity index (χ3v) is 5.37. The number of nitrogens with one attached hydrogen (secondary N) is 1. The highest BCUT2D eigenvalue weighted by atomic mass is 32.1. The number of anilines is 1. The van der Waals surface area contributed by atoms with E-state index >= 15 is 0 Å². The Morgan fingerprint density at radius 1 is 1.12 bits per heavy atom. The molecule has 9 heteroatoms. The maximum Gasteiger partial charge on any atom is 0.412 e. The third-order valence-electron chi connectivity index (χ3n) is 5.12. The number of Topliss-reactive ketones (excluding diaryl/α,β-unsaturated/α-hetero) is 1. The van der Waals surface area contributed by atoms with Crippen molar-refractivity contribution in [3.05, 3.63) is 53.6 Å². The van der Waals surface area contributed by atoms with Gasteiger partial charge in [-0.25, -0.2) is 4.79 Å². The Morgan fingerprint density at radius 2 is 1.79 bits per heavy atom. The second-order valence-electron chi connectivity index (χ2n) is 8.09. The van der Waals surface area contributed by atoms with E-state index in [9.17, 15) is 19.5 Å². The topological polar surface area (TPSA) is 111 Å². The van der Waals surface area contributed by atoms with E-state index in [1.807, 2.05) is 13.8 Å². The van der Waals surface area contributed by atoms with Crippen LogP contribution in [-0.2, 0) is 14.3 Å². The molecule has 2 aromatic carbocycles. The fraction of sp³-hybridized carbons (Fsp3) is 0.375. The number of phenols is 1. The van der Waals surface area contributed by atoms with Gasteiger partial charge >= 0.3 is 12.1 Å². The van der Waals surface area contributed by atoms with Gasteiger partial charge in [0.15, 0.2) is 17.3 Å². The van der Waals surface area contributed by atoms with Crippen LogP contribution < -0.4 is 10.1 Å². The monoisotopic (exact) mass is 475 g/mol. The molecule has 2 N–H and O–H groups in total. The second-order valence-corrected chi connectivity index (χ2v) is 8.41. The number of esters is 1. The fourth-order valence-corrected chi connectivity index (χ4v) is 3.29. The molecule has 0 heterocycles. The number of ketones is 1. The number of ether oxygens (including phenoxy) is 3. The minimum absolute atomic E-state index is 0.0302. The van der Waals surface area contributed by atoms with Gasteiger partial charge in [0.05, 0.1) is 19.5 Å². The van der Waals surface area contributed by atoms with Crippen LogP contribution in [0, 0.1) is 5.41 Å². The maximum absolute atomic E-state index is 12.7. The Labute approximate surface area is 198 Å². The molecular formula is C24H29NO7S. The lowest BCUT2D eigenvalue weighted by Crippen LogP contribution is -2.30. The van der Waals surface area contributed by atoms with Crippen molar-refractivity contribution in [1.82, 2.24) is 0 Å². The molecule has 0 saturated heterocycles. The minimum atomic E-state index is -0.791. The fourth-order valence-electron chi connectivity index (χ4n) is 3.20. The summed E-state index contributed by atoms with van der Waals surface area (Å²) in [6, 6.07) is 11.2. The van der Waals surface area contributed by atoms with E-state index in [1.165, 1.54) is 20.1 Å². The molecule has 2 rings (SSSR count). The molecule has 0 radical (unpaired) electrons. The molecule has 0 bridgehead atoms. The molecule has 2 aromatic rings. The lowest BCUT2D eigenvalue weighted by atomic mass is 9.79. The van der Waals surface area contributed by atoms with Crippen LogP contribution in [-0.4, -0.2) is 42.4 Å². The van der Waals surface area contributed by atoms with E-state index < -0.39 is 23.6 Å². The third kappa shape index (κ3) is 7.42. The molecule has 178 valence electrons. The Balaban J connectivity index is 2.23. The average molecular weight is 476 g/mol. The minimum Gasteiger partial charge on any atom is -0.504 e. The Bertz CT molecular complexity index is 989. The lowest BCUT2D eigenvalue weighted by Gasteiger charge is -2.34. The quantitative estimate of drug-likeness (QED) is 0.258. The number of carbonyl (C=O) groups excluding carboxylic acids is 3. The second kappa shape index (κ2) is 11.6. The van der Waals surface area contributed by atoms with Crippen LogP contribution in [0.4, 0.5) is 10.5 Å². The van der Waals surface area contributed by atoms with Crippen molar-refractivity contribution in [3.8, 4) is 11.5 Å². The lowest BCUT2D eigenvalue weighted by molar-refractivity contribution is -0.141. The Morgan fingerprint density at radius 3 is 2.33 bits per heavy atom. The molecule has 8 nitrogen and oxygen atoms in total. The van der Waals surface area contributed by atoms with E-state index in [0.717, 1.165) is 0 Å². The predicted octanol–water partition coefficient (Wildman–Crippen LogP) is 4.78. The highest BCUT2D eigenvalue weighted by Crippen LogP contribution is 2.42. The zero-order valence-electron chi connectivity index (χ0n) is 19.1. The number of aromatic hydroxyl groups is 1. The number of phenolic OH excluding ortho intramolecular Hbond substituents is 1. The first-order valence-corrected chi connectivity index (χ1v) is 10.9. The van der Waals surface area contributed by atoms with Crippen molar-refractivity contribution in [2.45, 2.75) is 33.3 Å². The molecular weight excluding hydrogens is 446 g/mol. The molecule has 0 aliphatic heterocycles. The average Bonchev–Trinajstić information content (AvgIpc) is 2.77. The zero-order valence-corrected chi connectivity index (χ0v) is 20.0. The van der Waals surface area contributed by atoms with Gasteiger partial charge in [0.1, 0.15) is 6.10 Å². The van der Waals surface area contributed by atoms with Crippen LogP contribution in [0.5, 0.6) is 11.5 Å². The summed E-state index contributed by atoms with van der Waals surface area (Å²) in [6.45, 7) is 5.30. The van der Waals surface area contributed by atoms with Crippen molar-refractivity contribution in [2.24, 2.45) is 5.41 Å². The maximum atomic E-state index is 12.7. The van der Waals surface area contributed by atoms with Gasteiger partial charge in [-0.3, -0.25) is 14.9 Å². The van der Waals surface area contributed by atoms with Crippen molar-refractivity contribution in [2.75, 3.05) is 24.8 Å². The largest absolute Gasteiger partial charge is 0.504 e. The van der Waals surface area contributed by atoms with E-state index in [2.05, 4.69) is 17.9 Å². The molecule has 0 aliphatic rings. The molecule has 0 saturated carbocycles. The van der Waals surface area contributed by atoms with E-state index in [1.54, 1.807) is 36.4 Å². The van der Waals surface area contributed by atoms with Crippen LogP contribution in [0.25, 0.3) is 0 Å². The van der Waals surface area contributed by atoms with Crippen molar-refractivity contribution < 1.29 is 33.7 Å². The summed E-state index contributed by atoms with van der Waals surface area (Å²) in [4.78, 5) is 35.6. The number of hydrogen-bond acceptors (Lipinski definition) is 8. The number of rotatable bonds is 10. The van der Waals surface area contributed by atoms with Crippen LogP contribution in [0.2, 0.25) is 0 Å². The highest BCUT2D eigenvalue weighted by molar-refractivity contribution is 7.81. The molecule has 0 unspecified atom stereocenters. The number of methoxy groups -OCH3 is 1. The zero-order chi connectivity index (χ0) is 24.6. The van der Waals surface area contributed by atoms with Crippen LogP contribution in [0.3, 0.4) is 0 Å². The van der Waals surface area contributed by atoms with E-state index in [4.69, 9.17) is 14.2 Å². The molecule has 0 aromatic heterocycles. The first-order valence-electron chi connectivity index (χ1n) is 10.3.